The van der Waals surface area contributed by atoms with Crippen molar-refractivity contribution in [2.75, 3.05) is 18.4 Å². The molecule has 1 saturated heterocycles. The maximum Gasteiger partial charge on any atom is 0.230 e. The molecule has 0 aromatic carbocycles. The highest BCUT2D eigenvalue weighted by molar-refractivity contribution is 5.94. The van der Waals surface area contributed by atoms with Crippen LogP contribution >= 0.6 is 0 Å². The van der Waals surface area contributed by atoms with Crippen molar-refractivity contribution in [3.63, 3.8) is 0 Å². The Morgan fingerprint density at radius 2 is 2.29 bits per heavy atom. The lowest BCUT2D eigenvalue weighted by Gasteiger charge is -2.32. The summed E-state index contributed by atoms with van der Waals surface area (Å²) in [5, 5.41) is 10.4. The summed E-state index contributed by atoms with van der Waals surface area (Å²) in [5.41, 5.74) is 0.538. The molecule has 0 atom stereocenters. The minimum Gasteiger partial charge on any atom is -0.323 e. The Bertz CT molecular complexity index is 393. The van der Waals surface area contributed by atoms with Crippen molar-refractivity contribution in [2.45, 2.75) is 33.2 Å². The molecule has 0 aliphatic carbocycles. The van der Waals surface area contributed by atoms with Crippen LogP contribution in [0.3, 0.4) is 0 Å². The fraction of sp³-hybridized carbons (Fsp3) is 0.667. The summed E-state index contributed by atoms with van der Waals surface area (Å²) in [5.74, 6) is 0.106. The summed E-state index contributed by atoms with van der Waals surface area (Å²) >= 11 is 0. The van der Waals surface area contributed by atoms with Crippen LogP contribution in [0.4, 0.5) is 5.69 Å². The van der Waals surface area contributed by atoms with E-state index in [1.807, 2.05) is 20.0 Å². The second-order valence-electron chi connectivity index (χ2n) is 4.85. The molecular weight excluding hydrogens is 216 g/mol. The van der Waals surface area contributed by atoms with Crippen LogP contribution in [-0.2, 0) is 11.3 Å². The fourth-order valence-corrected chi connectivity index (χ4v) is 2.09. The third-order valence-corrected chi connectivity index (χ3v) is 3.47. The number of nitrogens with zero attached hydrogens (tertiary/aromatic N) is 2. The number of rotatable bonds is 3. The molecule has 0 radical (unpaired) electrons. The highest BCUT2D eigenvalue weighted by Crippen LogP contribution is 2.29. The maximum absolute atomic E-state index is 12.2. The van der Waals surface area contributed by atoms with Gasteiger partial charge in [0.2, 0.25) is 5.91 Å². The Balaban J connectivity index is 2.00. The van der Waals surface area contributed by atoms with Crippen molar-refractivity contribution >= 4 is 11.6 Å². The third kappa shape index (κ3) is 2.66. The zero-order valence-electron chi connectivity index (χ0n) is 10.5. The third-order valence-electron chi connectivity index (χ3n) is 3.47. The van der Waals surface area contributed by atoms with E-state index in [0.29, 0.717) is 0 Å². The first-order valence-corrected chi connectivity index (χ1v) is 6.19. The topological polar surface area (TPSA) is 59.0 Å². The molecule has 1 aliphatic heterocycles. The molecule has 94 valence electrons. The number of nitrogens with one attached hydrogen (secondary N) is 2. The highest BCUT2D eigenvalue weighted by Gasteiger charge is 2.34. The molecule has 2 heterocycles. The molecule has 17 heavy (non-hydrogen) atoms. The van der Waals surface area contributed by atoms with Crippen molar-refractivity contribution in [2.24, 2.45) is 5.41 Å². The van der Waals surface area contributed by atoms with Crippen LogP contribution in [0, 0.1) is 5.41 Å². The van der Waals surface area contributed by atoms with E-state index in [1.165, 1.54) is 0 Å². The number of hydrogen-bond donors (Lipinski definition) is 2. The van der Waals surface area contributed by atoms with Gasteiger partial charge >= 0.3 is 0 Å². The van der Waals surface area contributed by atoms with Gasteiger partial charge in [0.05, 0.1) is 11.9 Å². The number of carbonyl (C=O) groups is 1. The van der Waals surface area contributed by atoms with Gasteiger partial charge in [-0.1, -0.05) is 6.92 Å². The molecule has 0 saturated carbocycles. The predicted octanol–water partition coefficient (Wildman–Crippen LogP) is 1.23. The standard InChI is InChI=1S/C12H20N4O/c1-3-16-9-10(8-14-16)15-11(17)12(2)4-6-13-7-5-12/h8-9,13H,3-7H2,1-2H3,(H,15,17). The fourth-order valence-electron chi connectivity index (χ4n) is 2.09. The number of amides is 1. The van der Waals surface area contributed by atoms with Crippen molar-refractivity contribution in [3.8, 4) is 0 Å². The van der Waals surface area contributed by atoms with E-state index in [1.54, 1.807) is 10.9 Å². The smallest absolute Gasteiger partial charge is 0.230 e. The van der Waals surface area contributed by atoms with Crippen molar-refractivity contribution in [3.05, 3.63) is 12.4 Å². The molecule has 2 N–H and O–H groups in total. The zero-order chi connectivity index (χ0) is 12.3. The van der Waals surface area contributed by atoms with E-state index in [0.717, 1.165) is 38.2 Å². The normalized spacial score (nSPS) is 18.9. The van der Waals surface area contributed by atoms with Gasteiger partial charge in [-0.2, -0.15) is 5.10 Å². The molecule has 1 fully saturated rings. The predicted molar refractivity (Wildman–Crippen MR) is 66.7 cm³/mol. The molecule has 1 amide bonds. The van der Waals surface area contributed by atoms with Crippen molar-refractivity contribution in [1.82, 2.24) is 15.1 Å². The van der Waals surface area contributed by atoms with Gasteiger partial charge in [-0.3, -0.25) is 9.48 Å². The van der Waals surface area contributed by atoms with E-state index in [2.05, 4.69) is 15.7 Å². The van der Waals surface area contributed by atoms with E-state index >= 15 is 0 Å². The molecular formula is C12H20N4O. The van der Waals surface area contributed by atoms with Gasteiger partial charge in [-0.05, 0) is 32.9 Å². The minimum absolute atomic E-state index is 0.106. The summed E-state index contributed by atoms with van der Waals surface area (Å²) in [6.45, 7) is 6.70. The summed E-state index contributed by atoms with van der Waals surface area (Å²) < 4.78 is 1.81. The van der Waals surface area contributed by atoms with Crippen LogP contribution in [-0.4, -0.2) is 28.8 Å². The molecule has 1 aromatic heterocycles. The highest BCUT2D eigenvalue weighted by atomic mass is 16.2. The molecule has 0 bridgehead atoms. The molecule has 2 rings (SSSR count). The lowest BCUT2D eigenvalue weighted by atomic mass is 9.80. The van der Waals surface area contributed by atoms with Crippen LogP contribution in [0.15, 0.2) is 12.4 Å². The molecule has 1 aromatic rings. The quantitative estimate of drug-likeness (QED) is 0.830. The summed E-state index contributed by atoms with van der Waals surface area (Å²) in [6.07, 6.45) is 5.34. The first-order valence-electron chi connectivity index (χ1n) is 6.19. The van der Waals surface area contributed by atoms with E-state index < -0.39 is 0 Å². The van der Waals surface area contributed by atoms with E-state index in [-0.39, 0.29) is 11.3 Å². The van der Waals surface area contributed by atoms with Crippen LogP contribution < -0.4 is 10.6 Å². The average molecular weight is 236 g/mol. The van der Waals surface area contributed by atoms with Gasteiger partial charge in [-0.25, -0.2) is 0 Å². The Hall–Kier alpha value is -1.36. The van der Waals surface area contributed by atoms with Gasteiger partial charge in [0.1, 0.15) is 0 Å². The lowest BCUT2D eigenvalue weighted by Crippen LogP contribution is -2.42. The monoisotopic (exact) mass is 236 g/mol. The van der Waals surface area contributed by atoms with Gasteiger partial charge in [0.25, 0.3) is 0 Å². The molecule has 5 nitrogen and oxygen atoms in total. The van der Waals surface area contributed by atoms with Gasteiger partial charge in [-0.15, -0.1) is 0 Å². The van der Waals surface area contributed by atoms with Gasteiger partial charge in [0, 0.05) is 18.2 Å². The molecule has 1 aliphatic rings. The van der Waals surface area contributed by atoms with E-state index in [9.17, 15) is 4.79 Å². The molecule has 5 heteroatoms. The maximum atomic E-state index is 12.2. The summed E-state index contributed by atoms with van der Waals surface area (Å²) in [4.78, 5) is 12.2. The lowest BCUT2D eigenvalue weighted by molar-refractivity contribution is -0.126. The number of aryl methyl sites for hydroxylation is 1. The number of anilines is 1. The Morgan fingerprint density at radius 1 is 1.59 bits per heavy atom. The van der Waals surface area contributed by atoms with Crippen LogP contribution in [0.25, 0.3) is 0 Å². The van der Waals surface area contributed by atoms with Crippen molar-refractivity contribution in [1.29, 1.82) is 0 Å². The largest absolute Gasteiger partial charge is 0.323 e. The Morgan fingerprint density at radius 3 is 2.88 bits per heavy atom. The first-order chi connectivity index (χ1) is 8.14. The number of hydrogen-bond acceptors (Lipinski definition) is 3. The van der Waals surface area contributed by atoms with Gasteiger partial charge < -0.3 is 10.6 Å². The Kier molecular flexibility index (Phi) is 3.47. The summed E-state index contributed by atoms with van der Waals surface area (Å²) in [7, 11) is 0. The van der Waals surface area contributed by atoms with Crippen LogP contribution in [0.2, 0.25) is 0 Å². The zero-order valence-corrected chi connectivity index (χ0v) is 10.5. The molecule has 0 spiro atoms. The Labute approximate surface area is 102 Å². The second kappa shape index (κ2) is 4.87. The summed E-state index contributed by atoms with van der Waals surface area (Å²) in [6, 6.07) is 0. The minimum atomic E-state index is -0.250. The molecule has 0 unspecified atom stereocenters. The first kappa shape index (κ1) is 12.1. The van der Waals surface area contributed by atoms with Crippen LogP contribution in [0.5, 0.6) is 0 Å². The van der Waals surface area contributed by atoms with Crippen LogP contribution in [0.1, 0.15) is 26.7 Å². The number of carbonyl (C=O) groups excluding carboxylic acids is 1. The number of piperidine rings is 1. The van der Waals surface area contributed by atoms with Crippen molar-refractivity contribution < 1.29 is 4.79 Å². The second-order valence-corrected chi connectivity index (χ2v) is 4.85. The SMILES string of the molecule is CCn1cc(NC(=O)C2(C)CCNCC2)cn1. The number of aromatic nitrogens is 2. The average Bonchev–Trinajstić information content (AvgIpc) is 2.78. The van der Waals surface area contributed by atoms with E-state index in [4.69, 9.17) is 0 Å². The van der Waals surface area contributed by atoms with Gasteiger partial charge in [0.15, 0.2) is 0 Å².